The van der Waals surface area contributed by atoms with Gasteiger partial charge < -0.3 is 10.4 Å². The van der Waals surface area contributed by atoms with E-state index in [1.54, 1.807) is 23.7 Å². The molecule has 8 heteroatoms. The van der Waals surface area contributed by atoms with E-state index in [1.807, 2.05) is 26.0 Å². The van der Waals surface area contributed by atoms with Crippen LogP contribution in [0, 0.1) is 12.8 Å². The van der Waals surface area contributed by atoms with Gasteiger partial charge in [-0.05, 0) is 56.4 Å². The van der Waals surface area contributed by atoms with Gasteiger partial charge in [-0.3, -0.25) is 9.36 Å². The molecular weight excluding hydrogens is 404 g/mol. The molecule has 1 unspecified atom stereocenters. The third kappa shape index (κ3) is 2.80. The predicted octanol–water partition coefficient (Wildman–Crippen LogP) is 3.82. The number of hydrogen-bond acceptors (Lipinski definition) is 5. The average molecular weight is 425 g/mol. The van der Waals surface area contributed by atoms with Gasteiger partial charge in [-0.1, -0.05) is 17.7 Å². The molecule has 0 bridgehead atoms. The Balaban J connectivity index is 1.63. The van der Waals surface area contributed by atoms with Gasteiger partial charge in [0.15, 0.2) is 5.69 Å². The summed E-state index contributed by atoms with van der Waals surface area (Å²) in [6.45, 7) is 3.86. The second-order valence-corrected chi connectivity index (χ2v) is 8.90. The summed E-state index contributed by atoms with van der Waals surface area (Å²) >= 11 is 5.87. The van der Waals surface area contributed by atoms with Crippen LogP contribution < -0.4 is 10.9 Å². The lowest BCUT2D eigenvalue weighted by Crippen LogP contribution is -2.25. The lowest BCUT2D eigenvalue weighted by molar-refractivity contribution is 0.0691. The number of carboxylic acids is 1. The first-order chi connectivity index (χ1) is 14.2. The van der Waals surface area contributed by atoms with E-state index >= 15 is 0 Å². The maximum absolute atomic E-state index is 13.1. The third-order valence-electron chi connectivity index (χ3n) is 6.38. The topological polar surface area (TPSA) is 97.1 Å². The van der Waals surface area contributed by atoms with Crippen LogP contribution in [0.5, 0.6) is 0 Å². The molecule has 1 aromatic carbocycles. The lowest BCUT2D eigenvalue weighted by atomic mass is 10.0. The van der Waals surface area contributed by atoms with Crippen LogP contribution in [-0.4, -0.2) is 25.6 Å². The van der Waals surface area contributed by atoms with Crippen LogP contribution in [0.25, 0.3) is 10.9 Å². The minimum Gasteiger partial charge on any atom is -0.476 e. The number of halogens is 1. The number of hydrogen-bond donors (Lipinski definition) is 2. The Morgan fingerprint density at radius 1 is 1.33 bits per heavy atom. The van der Waals surface area contributed by atoms with Crippen LogP contribution in [-0.2, 0) is 12.5 Å². The van der Waals surface area contributed by atoms with Crippen LogP contribution >= 0.6 is 11.6 Å². The largest absolute Gasteiger partial charge is 0.476 e. The maximum Gasteiger partial charge on any atom is 0.356 e. The van der Waals surface area contributed by atoms with Crippen molar-refractivity contribution in [3.05, 3.63) is 62.4 Å². The van der Waals surface area contributed by atoms with Crippen molar-refractivity contribution in [2.45, 2.75) is 38.1 Å². The monoisotopic (exact) mass is 424 g/mol. The summed E-state index contributed by atoms with van der Waals surface area (Å²) in [6, 6.07) is 6.71. The summed E-state index contributed by atoms with van der Waals surface area (Å²) in [5.74, 6) is 0.362. The van der Waals surface area contributed by atoms with Crippen molar-refractivity contribution in [2.75, 3.05) is 5.32 Å². The maximum atomic E-state index is 13.1. The molecule has 2 aromatic heterocycles. The molecule has 0 radical (unpaired) electrons. The molecule has 5 rings (SSSR count). The molecule has 2 aliphatic rings. The minimum atomic E-state index is -1.16. The summed E-state index contributed by atoms with van der Waals surface area (Å²) in [5, 5.41) is 13.4. The van der Waals surface area contributed by atoms with Crippen molar-refractivity contribution in [2.24, 2.45) is 13.0 Å². The van der Waals surface area contributed by atoms with Gasteiger partial charge in [-0.2, -0.15) is 0 Å². The highest BCUT2D eigenvalue weighted by atomic mass is 35.5. The normalized spacial score (nSPS) is 22.5. The highest BCUT2D eigenvalue weighted by Gasteiger charge is 2.72. The summed E-state index contributed by atoms with van der Waals surface area (Å²) in [5.41, 5.74) is 2.73. The number of fused-ring (bicyclic) bond motifs is 2. The van der Waals surface area contributed by atoms with E-state index < -0.39 is 5.97 Å². The van der Waals surface area contributed by atoms with Gasteiger partial charge in [-0.15, -0.1) is 0 Å². The first-order valence-electron chi connectivity index (χ1n) is 9.89. The number of aromatic nitrogens is 3. The molecule has 2 N–H and O–H groups in total. The molecule has 2 fully saturated rings. The van der Waals surface area contributed by atoms with Crippen molar-refractivity contribution in [1.82, 2.24) is 14.5 Å². The molecule has 3 aromatic rings. The Hall–Kier alpha value is -2.93. The molecule has 2 saturated carbocycles. The molecule has 2 aliphatic carbocycles. The van der Waals surface area contributed by atoms with Gasteiger partial charge in [0.05, 0.1) is 22.6 Å². The van der Waals surface area contributed by atoms with Gasteiger partial charge in [0.1, 0.15) is 11.0 Å². The van der Waals surface area contributed by atoms with E-state index in [1.165, 1.54) is 0 Å². The highest BCUT2D eigenvalue weighted by molar-refractivity contribution is 6.29. The zero-order valence-corrected chi connectivity index (χ0v) is 17.6. The zero-order chi connectivity index (χ0) is 21.4. The standard InChI is InChI=1S/C22H21ClN4O3/c1-10-6-13(11(2)24-15-4-5-16(23)25-18(15)20(29)30)17-14(7-10)19(28)27(3)21(26-17)22-8-12(22)9-22/h4-7,11-12,24H,8-9H2,1-3H3,(H,29,30). The number of pyridine rings is 1. The number of nitrogens with zero attached hydrogens (tertiary/aromatic N) is 3. The first kappa shape index (κ1) is 19.1. The van der Waals surface area contributed by atoms with E-state index in [0.717, 1.165) is 29.8 Å². The molecule has 0 aliphatic heterocycles. The van der Waals surface area contributed by atoms with Crippen LogP contribution in [0.3, 0.4) is 0 Å². The number of rotatable bonds is 5. The molecule has 0 amide bonds. The molecule has 0 spiro atoms. The molecule has 0 saturated heterocycles. The Bertz CT molecular complexity index is 1290. The second kappa shape index (κ2) is 6.28. The van der Waals surface area contributed by atoms with E-state index in [2.05, 4.69) is 10.3 Å². The molecule has 154 valence electrons. The molecular formula is C22H21ClN4O3. The number of aromatic carboxylic acids is 1. The van der Waals surface area contributed by atoms with Gasteiger partial charge in [0, 0.05) is 18.0 Å². The Morgan fingerprint density at radius 3 is 2.67 bits per heavy atom. The van der Waals surface area contributed by atoms with Gasteiger partial charge in [0.25, 0.3) is 5.56 Å². The number of nitrogens with one attached hydrogen (secondary N) is 1. The lowest BCUT2D eigenvalue weighted by Gasteiger charge is -2.20. The third-order valence-corrected chi connectivity index (χ3v) is 6.59. The zero-order valence-electron chi connectivity index (χ0n) is 16.9. The average Bonchev–Trinajstić information content (AvgIpc) is 3.56. The Kier molecular flexibility index (Phi) is 3.99. The number of aryl methyl sites for hydroxylation is 1. The summed E-state index contributed by atoms with van der Waals surface area (Å²) in [6.07, 6.45) is 2.21. The Labute approximate surface area is 177 Å². The van der Waals surface area contributed by atoms with Crippen LogP contribution in [0.15, 0.2) is 29.1 Å². The SMILES string of the molecule is Cc1cc(C(C)Nc2ccc(Cl)nc2C(=O)O)c2nc(C34CC3C4)n(C)c(=O)c2c1. The Morgan fingerprint density at radius 2 is 2.03 bits per heavy atom. The molecule has 7 nitrogen and oxygen atoms in total. The number of anilines is 1. The van der Waals surface area contributed by atoms with Crippen molar-refractivity contribution >= 4 is 34.2 Å². The van der Waals surface area contributed by atoms with Crippen LogP contribution in [0.4, 0.5) is 5.69 Å². The van der Waals surface area contributed by atoms with E-state index in [0.29, 0.717) is 22.5 Å². The fraction of sp³-hybridized carbons (Fsp3) is 0.364. The van der Waals surface area contributed by atoms with Crippen molar-refractivity contribution < 1.29 is 9.90 Å². The van der Waals surface area contributed by atoms with Crippen molar-refractivity contribution in [3.8, 4) is 0 Å². The smallest absolute Gasteiger partial charge is 0.356 e. The second-order valence-electron chi connectivity index (χ2n) is 8.51. The highest BCUT2D eigenvalue weighted by Crippen LogP contribution is 2.74. The quantitative estimate of drug-likeness (QED) is 0.604. The van der Waals surface area contributed by atoms with Gasteiger partial charge in [0.2, 0.25) is 0 Å². The number of benzene rings is 1. The molecule has 1 atom stereocenters. The molecule has 30 heavy (non-hydrogen) atoms. The number of carboxylic acid groups (broad SMARTS) is 1. The fourth-order valence-electron chi connectivity index (χ4n) is 4.42. The van der Waals surface area contributed by atoms with Gasteiger partial charge in [-0.25, -0.2) is 14.8 Å². The van der Waals surface area contributed by atoms with E-state index in [4.69, 9.17) is 16.6 Å². The van der Waals surface area contributed by atoms with E-state index in [-0.39, 0.29) is 27.9 Å². The minimum absolute atomic E-state index is 0.0431. The van der Waals surface area contributed by atoms with Crippen molar-refractivity contribution in [1.29, 1.82) is 0 Å². The van der Waals surface area contributed by atoms with Gasteiger partial charge >= 0.3 is 5.97 Å². The van der Waals surface area contributed by atoms with Crippen LogP contribution in [0.2, 0.25) is 5.15 Å². The van der Waals surface area contributed by atoms with E-state index in [9.17, 15) is 14.7 Å². The molecule has 2 heterocycles. The predicted molar refractivity (Wildman–Crippen MR) is 114 cm³/mol. The summed E-state index contributed by atoms with van der Waals surface area (Å²) < 4.78 is 1.70. The fourth-order valence-corrected chi connectivity index (χ4v) is 4.57. The summed E-state index contributed by atoms with van der Waals surface area (Å²) in [4.78, 5) is 33.6. The van der Waals surface area contributed by atoms with Crippen molar-refractivity contribution in [3.63, 3.8) is 0 Å². The first-order valence-corrected chi connectivity index (χ1v) is 10.3. The number of carbonyl (C=O) groups is 1. The van der Waals surface area contributed by atoms with Crippen LogP contribution in [0.1, 0.15) is 53.2 Å². The summed E-state index contributed by atoms with van der Waals surface area (Å²) in [7, 11) is 1.80.